The molecule has 0 radical (unpaired) electrons. The molecule has 1 aromatic heterocycles. The second-order valence-electron chi connectivity index (χ2n) is 6.79. The van der Waals surface area contributed by atoms with Gasteiger partial charge in [-0.2, -0.15) is 5.10 Å². The van der Waals surface area contributed by atoms with E-state index in [0.29, 0.717) is 5.69 Å². The van der Waals surface area contributed by atoms with Gasteiger partial charge in [-0.3, -0.25) is 9.48 Å². The van der Waals surface area contributed by atoms with Crippen LogP contribution in [0.5, 0.6) is 0 Å². The standard InChI is InChI=1S/C15H27N3O2/c1-11(2)18-8-7-13(16-18)14(20)17(6)12(10-19)9-15(3,4)5/h7-8,11-12,19H,9-10H2,1-6H3. The highest BCUT2D eigenvalue weighted by molar-refractivity contribution is 5.92. The predicted molar refractivity (Wildman–Crippen MR) is 79.7 cm³/mol. The van der Waals surface area contributed by atoms with Crippen LogP contribution in [0.4, 0.5) is 0 Å². The first kappa shape index (κ1) is 16.7. The van der Waals surface area contributed by atoms with Crippen molar-refractivity contribution >= 4 is 5.91 Å². The molecule has 0 aliphatic heterocycles. The van der Waals surface area contributed by atoms with Crippen molar-refractivity contribution in [3.63, 3.8) is 0 Å². The highest BCUT2D eigenvalue weighted by atomic mass is 16.3. The lowest BCUT2D eigenvalue weighted by Crippen LogP contribution is -2.41. The first-order valence-electron chi connectivity index (χ1n) is 7.09. The van der Waals surface area contributed by atoms with Crippen LogP contribution in [0.3, 0.4) is 0 Å². The molecule has 0 aliphatic carbocycles. The van der Waals surface area contributed by atoms with Gasteiger partial charge >= 0.3 is 0 Å². The summed E-state index contributed by atoms with van der Waals surface area (Å²) in [5.74, 6) is -0.146. The van der Waals surface area contributed by atoms with Crippen molar-refractivity contribution in [2.45, 2.75) is 53.1 Å². The lowest BCUT2D eigenvalue weighted by molar-refractivity contribution is 0.0587. The summed E-state index contributed by atoms with van der Waals surface area (Å²) in [6.45, 7) is 10.3. The van der Waals surface area contributed by atoms with Gasteiger partial charge in [-0.1, -0.05) is 20.8 Å². The Bertz CT molecular complexity index is 446. The minimum absolute atomic E-state index is 0.0373. The van der Waals surface area contributed by atoms with Crippen molar-refractivity contribution in [2.24, 2.45) is 5.41 Å². The Labute approximate surface area is 121 Å². The van der Waals surface area contributed by atoms with E-state index in [2.05, 4.69) is 25.9 Å². The monoisotopic (exact) mass is 281 g/mol. The number of hydrogen-bond acceptors (Lipinski definition) is 3. The van der Waals surface area contributed by atoms with Gasteiger partial charge < -0.3 is 10.0 Å². The van der Waals surface area contributed by atoms with Crippen LogP contribution >= 0.6 is 0 Å². The molecule has 114 valence electrons. The molecule has 1 unspecified atom stereocenters. The zero-order chi connectivity index (χ0) is 15.5. The van der Waals surface area contributed by atoms with E-state index in [9.17, 15) is 9.90 Å². The maximum atomic E-state index is 12.4. The van der Waals surface area contributed by atoms with Crippen molar-refractivity contribution < 1.29 is 9.90 Å². The van der Waals surface area contributed by atoms with E-state index in [1.54, 1.807) is 22.7 Å². The molecular weight excluding hydrogens is 254 g/mol. The molecule has 1 N–H and O–H groups in total. The number of hydrogen-bond donors (Lipinski definition) is 1. The van der Waals surface area contributed by atoms with Gasteiger partial charge in [-0.05, 0) is 31.7 Å². The summed E-state index contributed by atoms with van der Waals surface area (Å²) in [5.41, 5.74) is 0.479. The fourth-order valence-corrected chi connectivity index (χ4v) is 2.12. The summed E-state index contributed by atoms with van der Waals surface area (Å²) in [4.78, 5) is 14.0. The molecule has 1 heterocycles. The van der Waals surface area contributed by atoms with Gasteiger partial charge in [-0.15, -0.1) is 0 Å². The fourth-order valence-electron chi connectivity index (χ4n) is 2.12. The zero-order valence-corrected chi connectivity index (χ0v) is 13.4. The maximum absolute atomic E-state index is 12.4. The number of rotatable bonds is 5. The van der Waals surface area contributed by atoms with Crippen LogP contribution < -0.4 is 0 Å². The van der Waals surface area contributed by atoms with Gasteiger partial charge in [-0.25, -0.2) is 0 Å². The third kappa shape index (κ3) is 4.34. The summed E-state index contributed by atoms with van der Waals surface area (Å²) in [6, 6.07) is 1.77. The molecule has 1 aromatic rings. The van der Waals surface area contributed by atoms with Gasteiger partial charge in [0.2, 0.25) is 0 Å². The van der Waals surface area contributed by atoms with Crippen LogP contribution in [0.15, 0.2) is 12.3 Å². The Morgan fingerprint density at radius 2 is 2.05 bits per heavy atom. The summed E-state index contributed by atoms with van der Waals surface area (Å²) < 4.78 is 1.76. The van der Waals surface area contributed by atoms with Crippen LogP contribution in [-0.4, -0.2) is 45.4 Å². The minimum atomic E-state index is -0.188. The highest BCUT2D eigenvalue weighted by Gasteiger charge is 2.26. The summed E-state index contributed by atoms with van der Waals surface area (Å²) in [7, 11) is 1.73. The van der Waals surface area contributed by atoms with E-state index in [1.165, 1.54) is 0 Å². The van der Waals surface area contributed by atoms with Crippen LogP contribution in [0, 0.1) is 5.41 Å². The first-order valence-corrected chi connectivity index (χ1v) is 7.09. The molecule has 0 fully saturated rings. The highest BCUT2D eigenvalue weighted by Crippen LogP contribution is 2.23. The molecule has 0 saturated carbocycles. The SMILES string of the molecule is CC(C)n1ccc(C(=O)N(C)C(CO)CC(C)(C)C)n1. The number of carbonyl (C=O) groups excluding carboxylic acids is 1. The maximum Gasteiger partial charge on any atom is 0.274 e. The lowest BCUT2D eigenvalue weighted by atomic mass is 9.88. The molecule has 1 rings (SSSR count). The number of aromatic nitrogens is 2. The molecular formula is C15H27N3O2. The van der Waals surface area contributed by atoms with Crippen molar-refractivity contribution in [2.75, 3.05) is 13.7 Å². The second kappa shape index (κ2) is 6.39. The van der Waals surface area contributed by atoms with Crippen LogP contribution in [-0.2, 0) is 0 Å². The number of aliphatic hydroxyl groups excluding tert-OH is 1. The minimum Gasteiger partial charge on any atom is -0.394 e. The van der Waals surface area contributed by atoms with Gasteiger partial charge in [0.1, 0.15) is 5.69 Å². The number of aliphatic hydroxyl groups is 1. The third-order valence-corrected chi connectivity index (χ3v) is 3.28. The van der Waals surface area contributed by atoms with E-state index < -0.39 is 0 Å². The summed E-state index contributed by atoms with van der Waals surface area (Å²) in [5, 5.41) is 13.8. The smallest absolute Gasteiger partial charge is 0.274 e. The van der Waals surface area contributed by atoms with Crippen molar-refractivity contribution in [3.05, 3.63) is 18.0 Å². The molecule has 5 heteroatoms. The molecule has 0 aromatic carbocycles. The lowest BCUT2D eigenvalue weighted by Gasteiger charge is -2.31. The van der Waals surface area contributed by atoms with Crippen molar-refractivity contribution in [3.8, 4) is 0 Å². The number of amides is 1. The topological polar surface area (TPSA) is 58.4 Å². The van der Waals surface area contributed by atoms with E-state index in [0.717, 1.165) is 6.42 Å². The first-order chi connectivity index (χ1) is 9.15. The molecule has 0 spiro atoms. The normalized spacial score (nSPS) is 13.6. The van der Waals surface area contributed by atoms with Crippen LogP contribution in [0.25, 0.3) is 0 Å². The molecule has 20 heavy (non-hydrogen) atoms. The third-order valence-electron chi connectivity index (χ3n) is 3.28. The van der Waals surface area contributed by atoms with Crippen LogP contribution in [0.2, 0.25) is 0 Å². The Morgan fingerprint density at radius 1 is 1.45 bits per heavy atom. The molecule has 0 saturated heterocycles. The molecule has 1 atom stereocenters. The van der Waals surface area contributed by atoms with Gasteiger partial charge in [0.15, 0.2) is 0 Å². The van der Waals surface area contributed by atoms with Gasteiger partial charge in [0.25, 0.3) is 5.91 Å². The summed E-state index contributed by atoms with van der Waals surface area (Å²) in [6.07, 6.45) is 2.56. The Morgan fingerprint density at radius 3 is 2.45 bits per heavy atom. The van der Waals surface area contributed by atoms with E-state index in [-0.39, 0.29) is 30.0 Å². The quantitative estimate of drug-likeness (QED) is 0.901. The largest absolute Gasteiger partial charge is 0.394 e. The molecule has 1 amide bonds. The number of likely N-dealkylation sites (N-methyl/N-ethyl adjacent to an activating group) is 1. The number of nitrogens with zero attached hydrogens (tertiary/aromatic N) is 3. The molecule has 0 aliphatic rings. The van der Waals surface area contributed by atoms with Crippen molar-refractivity contribution in [1.82, 2.24) is 14.7 Å². The number of carbonyl (C=O) groups is 1. The average Bonchev–Trinajstić information content (AvgIpc) is 2.82. The van der Waals surface area contributed by atoms with Gasteiger partial charge in [0.05, 0.1) is 12.6 Å². The average molecular weight is 281 g/mol. The molecule has 5 nitrogen and oxygen atoms in total. The fraction of sp³-hybridized carbons (Fsp3) is 0.733. The van der Waals surface area contributed by atoms with E-state index >= 15 is 0 Å². The predicted octanol–water partition coefficient (Wildman–Crippen LogP) is 2.33. The Kier molecular flexibility index (Phi) is 5.34. The van der Waals surface area contributed by atoms with Crippen molar-refractivity contribution in [1.29, 1.82) is 0 Å². The Hall–Kier alpha value is -1.36. The van der Waals surface area contributed by atoms with Gasteiger partial charge in [0, 0.05) is 19.3 Å². The summed E-state index contributed by atoms with van der Waals surface area (Å²) >= 11 is 0. The van der Waals surface area contributed by atoms with E-state index in [4.69, 9.17) is 0 Å². The molecule has 0 bridgehead atoms. The Balaban J connectivity index is 2.83. The van der Waals surface area contributed by atoms with E-state index in [1.807, 2.05) is 20.0 Å². The van der Waals surface area contributed by atoms with Crippen LogP contribution in [0.1, 0.15) is 57.6 Å². The zero-order valence-electron chi connectivity index (χ0n) is 13.4. The second-order valence-corrected chi connectivity index (χ2v) is 6.79.